The van der Waals surface area contributed by atoms with E-state index in [0.29, 0.717) is 6.42 Å². The highest BCUT2D eigenvalue weighted by Crippen LogP contribution is 2.16. The molecule has 0 heterocycles. The summed E-state index contributed by atoms with van der Waals surface area (Å²) >= 11 is 0. The number of halogens is 1. The Morgan fingerprint density at radius 1 is 1.32 bits per heavy atom. The number of nitrogens with one attached hydrogen (secondary N) is 1. The lowest BCUT2D eigenvalue weighted by Gasteiger charge is -2.20. The Bertz CT molecular complexity index is 528. The lowest BCUT2D eigenvalue weighted by atomic mass is 10.4. The number of carbonyl (C=O) groups excluding carboxylic acids is 1. The highest BCUT2D eigenvalue weighted by atomic mass is 32.2. The summed E-state index contributed by atoms with van der Waals surface area (Å²) in [4.78, 5) is 11.3. The van der Waals surface area contributed by atoms with E-state index >= 15 is 0 Å². The van der Waals surface area contributed by atoms with E-state index in [9.17, 15) is 17.6 Å². The van der Waals surface area contributed by atoms with Crippen LogP contribution in [0.1, 0.15) is 13.3 Å². The van der Waals surface area contributed by atoms with Gasteiger partial charge in [0.15, 0.2) is 0 Å². The van der Waals surface area contributed by atoms with E-state index in [0.717, 1.165) is 16.4 Å². The standard InChI is InChI=1S/C12H17FN2O3S/c1-3-8-15(9-12(16)14-2)19(17,18)11-6-4-10(13)5-7-11/h4-7H,3,8-9H2,1-2H3,(H,14,16). The highest BCUT2D eigenvalue weighted by molar-refractivity contribution is 7.89. The van der Waals surface area contributed by atoms with Crippen LogP contribution in [-0.2, 0) is 14.8 Å². The van der Waals surface area contributed by atoms with Crippen LogP contribution in [0.25, 0.3) is 0 Å². The van der Waals surface area contributed by atoms with E-state index in [1.807, 2.05) is 6.92 Å². The van der Waals surface area contributed by atoms with Gasteiger partial charge in [0.05, 0.1) is 11.4 Å². The summed E-state index contributed by atoms with van der Waals surface area (Å²) in [6, 6.07) is 4.54. The van der Waals surface area contributed by atoms with Gasteiger partial charge in [-0.05, 0) is 30.7 Å². The number of amides is 1. The van der Waals surface area contributed by atoms with Crippen molar-refractivity contribution in [1.82, 2.24) is 9.62 Å². The molecule has 7 heteroatoms. The van der Waals surface area contributed by atoms with E-state index in [1.165, 1.54) is 19.2 Å². The van der Waals surface area contributed by atoms with E-state index < -0.39 is 15.8 Å². The number of nitrogens with zero attached hydrogens (tertiary/aromatic N) is 1. The number of carbonyl (C=O) groups is 1. The number of hydrogen-bond donors (Lipinski definition) is 1. The molecule has 19 heavy (non-hydrogen) atoms. The van der Waals surface area contributed by atoms with Crippen LogP contribution in [0.2, 0.25) is 0 Å². The molecule has 0 aliphatic heterocycles. The predicted octanol–water partition coefficient (Wildman–Crippen LogP) is 0.972. The molecule has 0 aliphatic carbocycles. The van der Waals surface area contributed by atoms with Crippen molar-refractivity contribution in [2.45, 2.75) is 18.2 Å². The Balaban J connectivity index is 3.05. The molecule has 1 aromatic rings. The first kappa shape index (κ1) is 15.6. The fourth-order valence-electron chi connectivity index (χ4n) is 1.53. The molecule has 1 amide bonds. The normalized spacial score (nSPS) is 11.6. The number of benzene rings is 1. The molecule has 0 saturated carbocycles. The molecule has 0 aliphatic rings. The van der Waals surface area contributed by atoms with Crippen molar-refractivity contribution in [2.24, 2.45) is 0 Å². The maximum atomic E-state index is 12.8. The lowest BCUT2D eigenvalue weighted by Crippen LogP contribution is -2.40. The molecule has 0 radical (unpaired) electrons. The number of rotatable bonds is 6. The van der Waals surface area contributed by atoms with Gasteiger partial charge in [0.2, 0.25) is 15.9 Å². The molecular weight excluding hydrogens is 271 g/mol. The van der Waals surface area contributed by atoms with Gasteiger partial charge in [0, 0.05) is 13.6 Å². The van der Waals surface area contributed by atoms with Crippen molar-refractivity contribution >= 4 is 15.9 Å². The maximum absolute atomic E-state index is 12.8. The van der Waals surface area contributed by atoms with Gasteiger partial charge in [0.25, 0.3) is 0 Å². The molecule has 1 rings (SSSR count). The molecule has 0 saturated heterocycles. The number of hydrogen-bond acceptors (Lipinski definition) is 3. The molecule has 5 nitrogen and oxygen atoms in total. The van der Waals surface area contributed by atoms with Crippen LogP contribution in [0.4, 0.5) is 4.39 Å². The van der Waals surface area contributed by atoms with Crippen molar-refractivity contribution in [3.05, 3.63) is 30.1 Å². The van der Waals surface area contributed by atoms with Crippen LogP contribution >= 0.6 is 0 Å². The quantitative estimate of drug-likeness (QED) is 0.848. The fraction of sp³-hybridized carbons (Fsp3) is 0.417. The second kappa shape index (κ2) is 6.63. The summed E-state index contributed by atoms with van der Waals surface area (Å²) in [5.41, 5.74) is 0. The first-order chi connectivity index (χ1) is 8.91. The Morgan fingerprint density at radius 3 is 2.37 bits per heavy atom. The van der Waals surface area contributed by atoms with Crippen molar-refractivity contribution in [1.29, 1.82) is 0 Å². The lowest BCUT2D eigenvalue weighted by molar-refractivity contribution is -0.120. The van der Waals surface area contributed by atoms with Gasteiger partial charge in [-0.25, -0.2) is 12.8 Å². The molecule has 1 N–H and O–H groups in total. The minimum Gasteiger partial charge on any atom is -0.358 e. The Kier molecular flexibility index (Phi) is 5.44. The maximum Gasteiger partial charge on any atom is 0.243 e. The zero-order valence-corrected chi connectivity index (χ0v) is 11.7. The van der Waals surface area contributed by atoms with Gasteiger partial charge in [-0.15, -0.1) is 0 Å². The zero-order chi connectivity index (χ0) is 14.5. The fourth-order valence-corrected chi connectivity index (χ4v) is 3.02. The molecule has 0 bridgehead atoms. The molecule has 0 fully saturated rings. The van der Waals surface area contributed by atoms with Crippen LogP contribution in [0.5, 0.6) is 0 Å². The zero-order valence-electron chi connectivity index (χ0n) is 10.9. The molecule has 0 spiro atoms. The smallest absolute Gasteiger partial charge is 0.243 e. The van der Waals surface area contributed by atoms with E-state index in [-0.39, 0.29) is 23.9 Å². The summed E-state index contributed by atoms with van der Waals surface area (Å²) in [5.74, 6) is -0.897. The second-order valence-corrected chi connectivity index (χ2v) is 5.90. The highest BCUT2D eigenvalue weighted by Gasteiger charge is 2.25. The third kappa shape index (κ3) is 4.00. The largest absolute Gasteiger partial charge is 0.358 e. The molecule has 0 atom stereocenters. The monoisotopic (exact) mass is 288 g/mol. The van der Waals surface area contributed by atoms with Crippen LogP contribution < -0.4 is 5.32 Å². The van der Waals surface area contributed by atoms with E-state index in [2.05, 4.69) is 5.32 Å². The minimum atomic E-state index is -3.78. The Morgan fingerprint density at radius 2 is 1.89 bits per heavy atom. The Labute approximate surface area is 112 Å². The molecule has 1 aromatic carbocycles. The minimum absolute atomic E-state index is 0.0220. The summed E-state index contributed by atoms with van der Waals surface area (Å²) in [6.07, 6.45) is 0.581. The van der Waals surface area contributed by atoms with Gasteiger partial charge in [-0.1, -0.05) is 6.92 Å². The first-order valence-corrected chi connectivity index (χ1v) is 7.32. The van der Waals surface area contributed by atoms with Crippen LogP contribution in [0, 0.1) is 5.82 Å². The second-order valence-electron chi connectivity index (χ2n) is 3.97. The molecule has 106 valence electrons. The number of likely N-dealkylation sites (N-methyl/N-ethyl adjacent to an activating group) is 1. The van der Waals surface area contributed by atoms with E-state index in [4.69, 9.17) is 0 Å². The number of sulfonamides is 1. The van der Waals surface area contributed by atoms with Crippen molar-refractivity contribution in [2.75, 3.05) is 20.1 Å². The third-order valence-electron chi connectivity index (χ3n) is 2.52. The van der Waals surface area contributed by atoms with Crippen LogP contribution in [0.15, 0.2) is 29.2 Å². The molecule has 0 aromatic heterocycles. The summed E-state index contributed by atoms with van der Waals surface area (Å²) in [5, 5.41) is 2.38. The van der Waals surface area contributed by atoms with Gasteiger partial charge in [-0.3, -0.25) is 4.79 Å². The van der Waals surface area contributed by atoms with Gasteiger partial charge >= 0.3 is 0 Å². The van der Waals surface area contributed by atoms with E-state index in [1.54, 1.807) is 0 Å². The van der Waals surface area contributed by atoms with Crippen LogP contribution in [0.3, 0.4) is 0 Å². The predicted molar refractivity (Wildman–Crippen MR) is 69.5 cm³/mol. The summed E-state index contributed by atoms with van der Waals surface area (Å²) in [7, 11) is -2.34. The van der Waals surface area contributed by atoms with Gasteiger partial charge in [0.1, 0.15) is 5.82 Å². The van der Waals surface area contributed by atoms with Crippen LogP contribution in [-0.4, -0.2) is 38.8 Å². The van der Waals surface area contributed by atoms with Gasteiger partial charge < -0.3 is 5.32 Å². The van der Waals surface area contributed by atoms with Crippen molar-refractivity contribution < 1.29 is 17.6 Å². The SMILES string of the molecule is CCCN(CC(=O)NC)S(=O)(=O)c1ccc(F)cc1. The molecule has 0 unspecified atom stereocenters. The summed E-state index contributed by atoms with van der Waals surface area (Å²) in [6.45, 7) is 1.80. The first-order valence-electron chi connectivity index (χ1n) is 5.88. The Hall–Kier alpha value is -1.47. The van der Waals surface area contributed by atoms with Gasteiger partial charge in [-0.2, -0.15) is 4.31 Å². The average molecular weight is 288 g/mol. The summed E-state index contributed by atoms with van der Waals surface area (Å²) < 4.78 is 38.5. The van der Waals surface area contributed by atoms with Crippen molar-refractivity contribution in [3.8, 4) is 0 Å². The average Bonchev–Trinajstić information content (AvgIpc) is 2.38. The third-order valence-corrected chi connectivity index (χ3v) is 4.38. The molecular formula is C12H17FN2O3S. The topological polar surface area (TPSA) is 66.5 Å². The van der Waals surface area contributed by atoms with Crippen molar-refractivity contribution in [3.63, 3.8) is 0 Å².